The van der Waals surface area contributed by atoms with Gasteiger partial charge in [0.05, 0.1) is 0 Å². The van der Waals surface area contributed by atoms with Crippen LogP contribution in [0.25, 0.3) is 21.9 Å². The Balaban J connectivity index is 1.84. The summed E-state index contributed by atoms with van der Waals surface area (Å²) in [6, 6.07) is 12.4. The van der Waals surface area contributed by atoms with Crippen molar-refractivity contribution in [3.63, 3.8) is 0 Å². The lowest BCUT2D eigenvalue weighted by atomic mass is 10.1. The van der Waals surface area contributed by atoms with Crippen LogP contribution in [0.3, 0.4) is 0 Å². The van der Waals surface area contributed by atoms with Gasteiger partial charge in [0.25, 0.3) is 0 Å². The van der Waals surface area contributed by atoms with Gasteiger partial charge in [0.1, 0.15) is 17.2 Å². The van der Waals surface area contributed by atoms with Gasteiger partial charge in [0.2, 0.25) is 5.91 Å². The second-order valence-electron chi connectivity index (χ2n) is 5.24. The molecule has 3 rings (SSSR count). The van der Waals surface area contributed by atoms with Crippen molar-refractivity contribution in [2.75, 3.05) is 12.4 Å². The lowest BCUT2D eigenvalue weighted by Gasteiger charge is -2.14. The van der Waals surface area contributed by atoms with E-state index in [-0.39, 0.29) is 0 Å². The number of anilines is 1. The third-order valence-electron chi connectivity index (χ3n) is 3.62. The fourth-order valence-electron chi connectivity index (χ4n) is 2.41. The molecule has 1 heterocycles. The first kappa shape index (κ1) is 14.9. The second-order valence-corrected chi connectivity index (χ2v) is 5.24. The van der Waals surface area contributed by atoms with E-state index in [4.69, 9.17) is 4.42 Å². The number of para-hydroxylation sites is 1. The van der Waals surface area contributed by atoms with Gasteiger partial charge in [0, 0.05) is 23.5 Å². The predicted molar refractivity (Wildman–Crippen MR) is 89.4 cm³/mol. The Bertz CT molecular complexity index is 885. The van der Waals surface area contributed by atoms with Crippen molar-refractivity contribution in [1.29, 1.82) is 0 Å². The third-order valence-corrected chi connectivity index (χ3v) is 3.62. The number of hydrogen-bond acceptors (Lipinski definition) is 4. The van der Waals surface area contributed by atoms with Crippen LogP contribution in [0.1, 0.15) is 6.92 Å². The van der Waals surface area contributed by atoms with Gasteiger partial charge in [-0.2, -0.15) is 0 Å². The molecule has 0 spiro atoms. The molecule has 0 fully saturated rings. The van der Waals surface area contributed by atoms with Crippen LogP contribution in [-0.4, -0.2) is 25.0 Å². The van der Waals surface area contributed by atoms with E-state index in [1.807, 2.05) is 42.5 Å². The van der Waals surface area contributed by atoms with E-state index >= 15 is 0 Å². The zero-order valence-electron chi connectivity index (χ0n) is 12.8. The lowest BCUT2D eigenvalue weighted by Crippen LogP contribution is -2.44. The number of furan rings is 1. The SMILES string of the molecule is CNC(=O)NC(=O)C(C)Nc1ccc2oc3ccccc3c2c1. The molecule has 0 saturated carbocycles. The van der Waals surface area contributed by atoms with Crippen molar-refractivity contribution in [3.05, 3.63) is 42.5 Å². The molecule has 23 heavy (non-hydrogen) atoms. The van der Waals surface area contributed by atoms with Crippen LogP contribution in [0.2, 0.25) is 0 Å². The number of benzene rings is 2. The zero-order chi connectivity index (χ0) is 16.4. The first-order valence-corrected chi connectivity index (χ1v) is 7.29. The maximum atomic E-state index is 11.9. The smallest absolute Gasteiger partial charge is 0.321 e. The number of urea groups is 1. The van der Waals surface area contributed by atoms with Gasteiger partial charge in [-0.1, -0.05) is 18.2 Å². The van der Waals surface area contributed by atoms with Gasteiger partial charge in [-0.25, -0.2) is 4.79 Å². The van der Waals surface area contributed by atoms with Crippen LogP contribution in [0, 0.1) is 0 Å². The van der Waals surface area contributed by atoms with Gasteiger partial charge < -0.3 is 15.1 Å². The van der Waals surface area contributed by atoms with Crippen LogP contribution in [0.5, 0.6) is 0 Å². The van der Waals surface area contributed by atoms with Gasteiger partial charge in [0.15, 0.2) is 0 Å². The Morgan fingerprint density at radius 2 is 1.78 bits per heavy atom. The van der Waals surface area contributed by atoms with E-state index in [1.54, 1.807) is 6.92 Å². The molecule has 0 saturated heterocycles. The lowest BCUT2D eigenvalue weighted by molar-refractivity contribution is -0.120. The van der Waals surface area contributed by atoms with Gasteiger partial charge in [-0.05, 0) is 31.2 Å². The summed E-state index contributed by atoms with van der Waals surface area (Å²) in [5, 5.41) is 9.67. The molecule has 0 aliphatic heterocycles. The average molecular weight is 311 g/mol. The van der Waals surface area contributed by atoms with Crippen molar-refractivity contribution in [2.45, 2.75) is 13.0 Å². The highest BCUT2D eigenvalue weighted by Crippen LogP contribution is 2.30. The van der Waals surface area contributed by atoms with Gasteiger partial charge >= 0.3 is 6.03 Å². The third kappa shape index (κ3) is 2.96. The predicted octanol–water partition coefficient (Wildman–Crippen LogP) is 2.84. The summed E-state index contributed by atoms with van der Waals surface area (Å²) in [5.74, 6) is -0.401. The highest BCUT2D eigenvalue weighted by atomic mass is 16.3. The number of carbonyl (C=O) groups is 2. The van der Waals surface area contributed by atoms with Crippen molar-refractivity contribution in [1.82, 2.24) is 10.6 Å². The minimum atomic E-state index is -0.553. The van der Waals surface area contributed by atoms with E-state index in [1.165, 1.54) is 7.05 Å². The number of nitrogens with one attached hydrogen (secondary N) is 3. The Morgan fingerprint density at radius 1 is 1.04 bits per heavy atom. The Morgan fingerprint density at radius 3 is 2.57 bits per heavy atom. The maximum Gasteiger partial charge on any atom is 0.321 e. The molecule has 2 aromatic carbocycles. The van der Waals surface area contributed by atoms with Crippen LogP contribution >= 0.6 is 0 Å². The van der Waals surface area contributed by atoms with Crippen molar-refractivity contribution in [2.24, 2.45) is 0 Å². The Labute approximate surface area is 132 Å². The van der Waals surface area contributed by atoms with E-state index in [0.717, 1.165) is 27.6 Å². The van der Waals surface area contributed by atoms with E-state index in [2.05, 4.69) is 16.0 Å². The highest BCUT2D eigenvalue weighted by Gasteiger charge is 2.15. The number of carbonyl (C=O) groups excluding carboxylic acids is 2. The van der Waals surface area contributed by atoms with Crippen LogP contribution < -0.4 is 16.0 Å². The van der Waals surface area contributed by atoms with Crippen molar-refractivity contribution >= 4 is 39.6 Å². The largest absolute Gasteiger partial charge is 0.456 e. The molecule has 3 amide bonds. The molecule has 6 nitrogen and oxygen atoms in total. The van der Waals surface area contributed by atoms with E-state index in [9.17, 15) is 9.59 Å². The standard InChI is InChI=1S/C17H17N3O3/c1-10(16(21)20-17(22)18-2)19-11-7-8-15-13(9-11)12-5-3-4-6-14(12)23-15/h3-10,19H,1-2H3,(H2,18,20,21,22). The maximum absolute atomic E-state index is 11.9. The summed E-state index contributed by atoms with van der Waals surface area (Å²) >= 11 is 0. The van der Waals surface area contributed by atoms with E-state index in [0.29, 0.717) is 0 Å². The summed E-state index contributed by atoms with van der Waals surface area (Å²) in [5.41, 5.74) is 2.40. The number of fused-ring (bicyclic) bond motifs is 3. The summed E-state index contributed by atoms with van der Waals surface area (Å²) in [6.45, 7) is 1.69. The normalized spacial score (nSPS) is 12.1. The first-order chi connectivity index (χ1) is 11.1. The van der Waals surface area contributed by atoms with Crippen molar-refractivity contribution in [3.8, 4) is 0 Å². The monoisotopic (exact) mass is 311 g/mol. The van der Waals surface area contributed by atoms with Crippen LogP contribution in [-0.2, 0) is 4.79 Å². The molecule has 118 valence electrons. The number of imide groups is 1. The number of hydrogen-bond donors (Lipinski definition) is 3. The first-order valence-electron chi connectivity index (χ1n) is 7.29. The minimum absolute atomic E-state index is 0.401. The molecular weight excluding hydrogens is 294 g/mol. The molecule has 0 radical (unpaired) electrons. The zero-order valence-corrected chi connectivity index (χ0v) is 12.8. The molecular formula is C17H17N3O3. The second kappa shape index (κ2) is 6.00. The molecule has 0 aliphatic carbocycles. The highest BCUT2D eigenvalue weighted by molar-refractivity contribution is 6.06. The summed E-state index contributed by atoms with van der Waals surface area (Å²) < 4.78 is 5.77. The Kier molecular flexibility index (Phi) is 3.89. The van der Waals surface area contributed by atoms with Gasteiger partial charge in [-0.15, -0.1) is 0 Å². The average Bonchev–Trinajstić information content (AvgIpc) is 2.92. The topological polar surface area (TPSA) is 83.4 Å². The summed E-state index contributed by atoms with van der Waals surface area (Å²) in [7, 11) is 1.46. The van der Waals surface area contributed by atoms with Crippen LogP contribution in [0.4, 0.5) is 10.5 Å². The van der Waals surface area contributed by atoms with Gasteiger partial charge in [-0.3, -0.25) is 10.1 Å². The molecule has 6 heteroatoms. The molecule has 0 aliphatic rings. The number of amides is 3. The minimum Gasteiger partial charge on any atom is -0.456 e. The Hall–Kier alpha value is -3.02. The molecule has 1 atom stereocenters. The van der Waals surface area contributed by atoms with E-state index < -0.39 is 18.0 Å². The molecule has 0 bridgehead atoms. The molecule has 3 aromatic rings. The fourth-order valence-corrected chi connectivity index (χ4v) is 2.41. The molecule has 1 unspecified atom stereocenters. The van der Waals surface area contributed by atoms with Crippen LogP contribution in [0.15, 0.2) is 46.9 Å². The summed E-state index contributed by atoms with van der Waals surface area (Å²) in [6.07, 6.45) is 0. The number of rotatable bonds is 3. The molecule has 3 N–H and O–H groups in total. The quantitative estimate of drug-likeness (QED) is 0.694. The fraction of sp³-hybridized carbons (Fsp3) is 0.176. The van der Waals surface area contributed by atoms with Crippen molar-refractivity contribution < 1.29 is 14.0 Å². The summed E-state index contributed by atoms with van der Waals surface area (Å²) in [4.78, 5) is 23.1. The molecule has 1 aromatic heterocycles.